The van der Waals surface area contributed by atoms with Gasteiger partial charge in [0, 0.05) is 38.0 Å². The van der Waals surface area contributed by atoms with Crippen LogP contribution in [-0.2, 0) is 6.54 Å². The van der Waals surface area contributed by atoms with Gasteiger partial charge in [-0.1, -0.05) is 24.3 Å². The standard InChI is InChI=1S/C20H24N4O2/c1-21-20(24-16-6-3-4-7-16)23-14-15-10-11-19(22-13-15)26-18-9-5-8-17(12-18)25-2/h3-5,8-13,16H,6-7,14H2,1-2H3,(H2,21,23,24). The van der Waals surface area contributed by atoms with Gasteiger partial charge in [-0.05, 0) is 30.5 Å². The first-order chi connectivity index (χ1) is 12.8. The molecule has 0 atom stereocenters. The van der Waals surface area contributed by atoms with E-state index in [1.165, 1.54) is 0 Å². The minimum absolute atomic E-state index is 0.429. The minimum Gasteiger partial charge on any atom is -0.497 e. The van der Waals surface area contributed by atoms with E-state index in [9.17, 15) is 0 Å². The number of nitrogens with one attached hydrogen (secondary N) is 2. The number of ether oxygens (including phenoxy) is 2. The number of aromatic nitrogens is 1. The molecule has 6 nitrogen and oxygen atoms in total. The minimum atomic E-state index is 0.429. The van der Waals surface area contributed by atoms with Crippen LogP contribution in [0.25, 0.3) is 0 Å². The lowest BCUT2D eigenvalue weighted by molar-refractivity contribution is 0.407. The lowest BCUT2D eigenvalue weighted by Gasteiger charge is -2.16. The molecule has 6 heteroatoms. The number of methoxy groups -OCH3 is 1. The molecule has 0 bridgehead atoms. The van der Waals surface area contributed by atoms with E-state index in [4.69, 9.17) is 9.47 Å². The van der Waals surface area contributed by atoms with E-state index in [-0.39, 0.29) is 0 Å². The SMILES string of the molecule is CN=C(NCc1ccc(Oc2cccc(OC)c2)nc1)NC1CC=CC1. The van der Waals surface area contributed by atoms with E-state index in [1.54, 1.807) is 20.4 Å². The molecular formula is C20H24N4O2. The predicted molar refractivity (Wildman–Crippen MR) is 103 cm³/mol. The zero-order valence-electron chi connectivity index (χ0n) is 15.1. The largest absolute Gasteiger partial charge is 0.497 e. The number of rotatable bonds is 6. The Morgan fingerprint density at radius 2 is 2.00 bits per heavy atom. The Morgan fingerprint density at radius 1 is 1.19 bits per heavy atom. The highest BCUT2D eigenvalue weighted by molar-refractivity contribution is 5.80. The molecule has 0 fully saturated rings. The van der Waals surface area contributed by atoms with E-state index in [0.29, 0.717) is 24.2 Å². The van der Waals surface area contributed by atoms with Crippen molar-refractivity contribution in [3.05, 3.63) is 60.3 Å². The number of guanidine groups is 1. The van der Waals surface area contributed by atoms with Crippen LogP contribution in [0.1, 0.15) is 18.4 Å². The van der Waals surface area contributed by atoms with Crippen LogP contribution in [0.15, 0.2) is 59.7 Å². The van der Waals surface area contributed by atoms with Gasteiger partial charge in [0.2, 0.25) is 5.88 Å². The molecule has 1 aliphatic carbocycles. The lowest BCUT2D eigenvalue weighted by atomic mass is 10.2. The lowest BCUT2D eigenvalue weighted by Crippen LogP contribution is -2.42. The first-order valence-corrected chi connectivity index (χ1v) is 8.66. The number of pyridine rings is 1. The molecule has 2 aromatic rings. The maximum Gasteiger partial charge on any atom is 0.219 e. The highest BCUT2D eigenvalue weighted by Gasteiger charge is 2.11. The van der Waals surface area contributed by atoms with Gasteiger partial charge in [-0.2, -0.15) is 0 Å². The summed E-state index contributed by atoms with van der Waals surface area (Å²) < 4.78 is 11.0. The molecule has 0 saturated carbocycles. The van der Waals surface area contributed by atoms with Crippen LogP contribution >= 0.6 is 0 Å². The number of nitrogens with zero attached hydrogens (tertiary/aromatic N) is 2. The highest BCUT2D eigenvalue weighted by Crippen LogP contribution is 2.23. The van der Waals surface area contributed by atoms with Gasteiger partial charge >= 0.3 is 0 Å². The van der Waals surface area contributed by atoms with Gasteiger partial charge in [-0.15, -0.1) is 0 Å². The second-order valence-corrected chi connectivity index (χ2v) is 6.00. The first-order valence-electron chi connectivity index (χ1n) is 8.66. The van der Waals surface area contributed by atoms with Crippen LogP contribution in [0.3, 0.4) is 0 Å². The highest BCUT2D eigenvalue weighted by atomic mass is 16.5. The monoisotopic (exact) mass is 352 g/mol. The second kappa shape index (κ2) is 8.89. The zero-order valence-corrected chi connectivity index (χ0v) is 15.1. The molecule has 26 heavy (non-hydrogen) atoms. The maximum atomic E-state index is 5.76. The van der Waals surface area contributed by atoms with Crippen LogP contribution in [0, 0.1) is 0 Å². The summed E-state index contributed by atoms with van der Waals surface area (Å²) in [4.78, 5) is 8.63. The fourth-order valence-corrected chi connectivity index (χ4v) is 2.67. The van der Waals surface area contributed by atoms with E-state index < -0.39 is 0 Å². The Balaban J connectivity index is 1.52. The van der Waals surface area contributed by atoms with Gasteiger partial charge in [-0.25, -0.2) is 4.98 Å². The third-order valence-electron chi connectivity index (χ3n) is 4.09. The average molecular weight is 352 g/mol. The van der Waals surface area contributed by atoms with Crippen LogP contribution in [-0.4, -0.2) is 31.1 Å². The van der Waals surface area contributed by atoms with Gasteiger partial charge in [0.05, 0.1) is 7.11 Å². The Morgan fingerprint density at radius 3 is 2.69 bits per heavy atom. The fourth-order valence-electron chi connectivity index (χ4n) is 2.67. The molecule has 1 heterocycles. The van der Waals surface area contributed by atoms with Crippen molar-refractivity contribution in [2.24, 2.45) is 4.99 Å². The summed E-state index contributed by atoms with van der Waals surface area (Å²) in [5.74, 6) is 2.79. The summed E-state index contributed by atoms with van der Waals surface area (Å²) in [6.07, 6.45) is 8.26. The van der Waals surface area contributed by atoms with Crippen molar-refractivity contribution < 1.29 is 9.47 Å². The van der Waals surface area contributed by atoms with E-state index in [1.807, 2.05) is 36.4 Å². The summed E-state index contributed by atoms with van der Waals surface area (Å²) in [5, 5.41) is 6.72. The van der Waals surface area contributed by atoms with Crippen LogP contribution in [0.2, 0.25) is 0 Å². The summed E-state index contributed by atoms with van der Waals surface area (Å²) in [7, 11) is 3.41. The van der Waals surface area contributed by atoms with Crippen molar-refractivity contribution in [2.45, 2.75) is 25.4 Å². The second-order valence-electron chi connectivity index (χ2n) is 6.00. The molecule has 0 amide bonds. The number of aliphatic imine (C=N–C) groups is 1. The van der Waals surface area contributed by atoms with Gasteiger partial charge in [-0.3, -0.25) is 4.99 Å². The normalized spacial score (nSPS) is 14.3. The molecule has 136 valence electrons. The third-order valence-corrected chi connectivity index (χ3v) is 4.09. The molecule has 1 aliphatic rings. The molecule has 2 N–H and O–H groups in total. The fraction of sp³-hybridized carbons (Fsp3) is 0.300. The molecule has 1 aromatic heterocycles. The van der Waals surface area contributed by atoms with Crippen LogP contribution in [0.4, 0.5) is 0 Å². The Kier molecular flexibility index (Phi) is 6.09. The molecule has 0 aliphatic heterocycles. The predicted octanol–water partition coefficient (Wildman–Crippen LogP) is 3.27. The van der Waals surface area contributed by atoms with Crippen LogP contribution in [0.5, 0.6) is 17.4 Å². The van der Waals surface area contributed by atoms with Crippen LogP contribution < -0.4 is 20.1 Å². The molecular weight excluding hydrogens is 328 g/mol. The molecule has 3 rings (SSSR count). The molecule has 0 radical (unpaired) electrons. The number of hydrogen-bond acceptors (Lipinski definition) is 4. The van der Waals surface area contributed by atoms with Gasteiger partial charge in [0.1, 0.15) is 11.5 Å². The van der Waals surface area contributed by atoms with Gasteiger partial charge < -0.3 is 20.1 Å². The van der Waals surface area contributed by atoms with Gasteiger partial charge in [0.15, 0.2) is 5.96 Å². The van der Waals surface area contributed by atoms with E-state index in [0.717, 1.165) is 30.1 Å². The number of hydrogen-bond donors (Lipinski definition) is 2. The van der Waals surface area contributed by atoms with Gasteiger partial charge in [0.25, 0.3) is 0 Å². The van der Waals surface area contributed by atoms with E-state index in [2.05, 4.69) is 32.8 Å². The summed E-state index contributed by atoms with van der Waals surface area (Å²) in [6.45, 7) is 0.645. The summed E-state index contributed by atoms with van der Waals surface area (Å²) in [5.41, 5.74) is 1.05. The smallest absolute Gasteiger partial charge is 0.219 e. The topological polar surface area (TPSA) is 67.8 Å². The molecule has 0 saturated heterocycles. The van der Waals surface area contributed by atoms with Crippen molar-refractivity contribution in [1.82, 2.24) is 15.6 Å². The summed E-state index contributed by atoms with van der Waals surface area (Å²) in [6, 6.07) is 11.7. The molecule has 0 unspecified atom stereocenters. The third kappa shape index (κ3) is 4.99. The van der Waals surface area contributed by atoms with Crippen molar-refractivity contribution >= 4 is 5.96 Å². The number of benzene rings is 1. The maximum absolute atomic E-state index is 5.76. The Labute approximate surface area is 154 Å². The molecule has 0 spiro atoms. The Bertz CT molecular complexity index is 764. The van der Waals surface area contributed by atoms with E-state index >= 15 is 0 Å². The van der Waals surface area contributed by atoms with Crippen molar-refractivity contribution in [1.29, 1.82) is 0 Å². The van der Waals surface area contributed by atoms with Crippen molar-refractivity contribution in [2.75, 3.05) is 14.2 Å². The van der Waals surface area contributed by atoms with Crippen molar-refractivity contribution in [3.63, 3.8) is 0 Å². The first kappa shape index (κ1) is 17.8. The van der Waals surface area contributed by atoms with Crippen molar-refractivity contribution in [3.8, 4) is 17.4 Å². The zero-order chi connectivity index (χ0) is 18.2. The Hall–Kier alpha value is -3.02. The quantitative estimate of drug-likeness (QED) is 0.474. The summed E-state index contributed by atoms with van der Waals surface area (Å²) >= 11 is 0. The average Bonchev–Trinajstić information content (AvgIpc) is 3.19. The molecule has 1 aromatic carbocycles.